The molecule has 1 fully saturated rings. The topological polar surface area (TPSA) is 12.5 Å². The zero-order chi connectivity index (χ0) is 11.9. The molecule has 0 radical (unpaired) electrons. The summed E-state index contributed by atoms with van der Waals surface area (Å²) in [5, 5.41) is 0. The zero-order valence-electron chi connectivity index (χ0n) is 10.2. The predicted molar refractivity (Wildman–Crippen MR) is 83.1 cm³/mol. The fraction of sp³-hybridized carbons (Fsp3) is 0.571. The van der Waals surface area contributed by atoms with Crippen molar-refractivity contribution in [2.45, 2.75) is 25.7 Å². The molecule has 1 aromatic rings. The van der Waals surface area contributed by atoms with Gasteiger partial charge in [-0.1, -0.05) is 28.8 Å². The number of hydrogen-bond acceptors (Lipinski definition) is 2. The minimum atomic E-state index is 0. The van der Waals surface area contributed by atoms with E-state index in [0.29, 0.717) is 0 Å². The molecule has 2 rings (SSSR count). The normalized spacial score (nSPS) is 16.7. The van der Waals surface area contributed by atoms with Crippen molar-refractivity contribution < 1.29 is 4.74 Å². The Morgan fingerprint density at radius 2 is 1.61 bits per heavy atom. The number of halogens is 1. The van der Waals surface area contributed by atoms with Gasteiger partial charge in [-0.05, 0) is 50.2 Å². The second-order valence-electron chi connectivity index (χ2n) is 4.56. The molecule has 0 spiro atoms. The number of benzene rings is 1. The quantitative estimate of drug-likeness (QED) is 0.790. The Balaban J connectivity index is 0.00000162. The molecule has 0 unspecified atom stereocenters. The van der Waals surface area contributed by atoms with Gasteiger partial charge in [-0.15, -0.1) is 0 Å². The average Bonchev–Trinajstić information content (AvgIpc) is 2.60. The average molecular weight is 325 g/mol. The maximum Gasteiger partial charge on any atom is 0.316 e. The van der Waals surface area contributed by atoms with E-state index in [4.69, 9.17) is 4.74 Å². The summed E-state index contributed by atoms with van der Waals surface area (Å²) in [5.74, 6) is 0.961. The maximum absolute atomic E-state index is 5.74. The smallest absolute Gasteiger partial charge is 0.316 e. The molecule has 18 heavy (non-hydrogen) atoms. The third-order valence-corrected chi connectivity index (χ3v) is 3.72. The van der Waals surface area contributed by atoms with Gasteiger partial charge in [-0.2, -0.15) is 0 Å². The highest BCUT2D eigenvalue weighted by Gasteiger charge is 2.08. The molecule has 0 N–H and O–H groups in total. The molecule has 0 aromatic heterocycles. The number of ether oxygens (including phenoxy) is 1. The van der Waals surface area contributed by atoms with E-state index in [1.54, 1.807) is 0 Å². The van der Waals surface area contributed by atoms with E-state index in [2.05, 4.69) is 20.8 Å². The molecule has 1 heterocycles. The van der Waals surface area contributed by atoms with Gasteiger partial charge in [-0.3, -0.25) is 4.90 Å². The lowest BCUT2D eigenvalue weighted by molar-refractivity contribution is 0.214. The van der Waals surface area contributed by atoms with Crippen LogP contribution in [-0.4, -0.2) is 54.2 Å². The van der Waals surface area contributed by atoms with Crippen LogP contribution in [0.15, 0.2) is 28.7 Å². The van der Waals surface area contributed by atoms with Crippen molar-refractivity contribution in [2.75, 3.05) is 26.2 Å². The van der Waals surface area contributed by atoms with Crippen LogP contribution in [0.25, 0.3) is 0 Å². The third-order valence-electron chi connectivity index (χ3n) is 3.19. The molecule has 2 nitrogen and oxygen atoms in total. The van der Waals surface area contributed by atoms with E-state index in [1.165, 1.54) is 38.8 Å². The van der Waals surface area contributed by atoms with Gasteiger partial charge in [0.1, 0.15) is 12.4 Å². The van der Waals surface area contributed by atoms with E-state index in [9.17, 15) is 0 Å². The summed E-state index contributed by atoms with van der Waals surface area (Å²) >= 11 is 3.42. The van der Waals surface area contributed by atoms with Crippen LogP contribution >= 0.6 is 15.9 Å². The SMILES string of the molecule is Brc1ccc(OCCN2CCCCCC2)cc1.[MgH2]. The van der Waals surface area contributed by atoms with Crippen molar-refractivity contribution in [2.24, 2.45) is 0 Å². The largest absolute Gasteiger partial charge is 0.492 e. The van der Waals surface area contributed by atoms with Gasteiger partial charge >= 0.3 is 23.1 Å². The summed E-state index contributed by atoms with van der Waals surface area (Å²) in [5.41, 5.74) is 0. The van der Waals surface area contributed by atoms with Crippen molar-refractivity contribution in [3.8, 4) is 5.75 Å². The van der Waals surface area contributed by atoms with Crippen molar-refractivity contribution in [1.82, 2.24) is 4.90 Å². The highest BCUT2D eigenvalue weighted by molar-refractivity contribution is 9.10. The summed E-state index contributed by atoms with van der Waals surface area (Å²) in [7, 11) is 0. The van der Waals surface area contributed by atoms with Crippen molar-refractivity contribution in [1.29, 1.82) is 0 Å². The molecule has 0 amide bonds. The van der Waals surface area contributed by atoms with Crippen molar-refractivity contribution in [3.05, 3.63) is 28.7 Å². The lowest BCUT2D eigenvalue weighted by Gasteiger charge is -2.19. The zero-order valence-corrected chi connectivity index (χ0v) is 11.8. The van der Waals surface area contributed by atoms with Crippen LogP contribution in [0.5, 0.6) is 5.75 Å². The van der Waals surface area contributed by atoms with Crippen molar-refractivity contribution >= 4 is 39.0 Å². The Kier molecular flexibility index (Phi) is 8.30. The number of rotatable bonds is 4. The Morgan fingerprint density at radius 1 is 1.00 bits per heavy atom. The monoisotopic (exact) mass is 323 g/mol. The second kappa shape index (κ2) is 9.18. The number of hydrogen-bond donors (Lipinski definition) is 0. The molecule has 0 aliphatic carbocycles. The Labute approximate surface area is 134 Å². The number of likely N-dealkylation sites (tertiary alicyclic amines) is 1. The van der Waals surface area contributed by atoms with Crippen LogP contribution in [0.3, 0.4) is 0 Å². The Bertz CT molecular complexity index is 323. The van der Waals surface area contributed by atoms with Gasteiger partial charge < -0.3 is 4.74 Å². The van der Waals surface area contributed by atoms with Crippen LogP contribution in [-0.2, 0) is 0 Å². The Hall–Kier alpha value is 0.226. The summed E-state index contributed by atoms with van der Waals surface area (Å²) in [6, 6.07) is 8.04. The van der Waals surface area contributed by atoms with Crippen LogP contribution in [0.2, 0.25) is 0 Å². The molecule has 0 atom stereocenters. The lowest BCUT2D eigenvalue weighted by atomic mass is 10.2. The fourth-order valence-electron chi connectivity index (χ4n) is 2.18. The summed E-state index contributed by atoms with van der Waals surface area (Å²) in [6.45, 7) is 4.32. The molecule has 1 aromatic carbocycles. The minimum Gasteiger partial charge on any atom is -0.492 e. The highest BCUT2D eigenvalue weighted by atomic mass is 79.9. The number of nitrogens with zero attached hydrogens (tertiary/aromatic N) is 1. The first-order valence-electron chi connectivity index (χ1n) is 6.45. The maximum atomic E-state index is 5.74. The fourth-order valence-corrected chi connectivity index (χ4v) is 2.45. The molecular weight excluding hydrogens is 302 g/mol. The van der Waals surface area contributed by atoms with Gasteiger partial charge in [0.2, 0.25) is 0 Å². The molecule has 1 aliphatic heterocycles. The van der Waals surface area contributed by atoms with Gasteiger partial charge in [0.05, 0.1) is 0 Å². The molecule has 0 saturated carbocycles. The predicted octanol–water partition coefficient (Wildman–Crippen LogP) is 2.79. The van der Waals surface area contributed by atoms with E-state index >= 15 is 0 Å². The first-order chi connectivity index (χ1) is 8.34. The van der Waals surface area contributed by atoms with Crippen LogP contribution in [0.1, 0.15) is 25.7 Å². The first-order valence-corrected chi connectivity index (χ1v) is 7.24. The van der Waals surface area contributed by atoms with Gasteiger partial charge in [-0.25, -0.2) is 0 Å². The van der Waals surface area contributed by atoms with E-state index in [1.807, 2.05) is 24.3 Å². The van der Waals surface area contributed by atoms with Crippen LogP contribution in [0.4, 0.5) is 0 Å². The summed E-state index contributed by atoms with van der Waals surface area (Å²) in [4.78, 5) is 2.52. The van der Waals surface area contributed by atoms with Crippen LogP contribution < -0.4 is 4.74 Å². The standard InChI is InChI=1S/C14H20BrNO.Mg.2H/c15-13-5-7-14(8-6-13)17-12-11-16-9-3-1-2-4-10-16;;;/h5-8H,1-4,9-12H2;;;. The van der Waals surface area contributed by atoms with E-state index in [0.717, 1.165) is 23.4 Å². The third kappa shape index (κ3) is 5.91. The molecule has 98 valence electrons. The van der Waals surface area contributed by atoms with E-state index in [-0.39, 0.29) is 23.1 Å². The van der Waals surface area contributed by atoms with Crippen LogP contribution in [0, 0.1) is 0 Å². The van der Waals surface area contributed by atoms with E-state index < -0.39 is 0 Å². The highest BCUT2D eigenvalue weighted by Crippen LogP contribution is 2.16. The minimum absolute atomic E-state index is 0. The summed E-state index contributed by atoms with van der Waals surface area (Å²) < 4.78 is 6.84. The molecule has 0 bridgehead atoms. The van der Waals surface area contributed by atoms with Gasteiger partial charge in [0, 0.05) is 11.0 Å². The second-order valence-corrected chi connectivity index (χ2v) is 5.47. The summed E-state index contributed by atoms with van der Waals surface area (Å²) in [6.07, 6.45) is 5.48. The first kappa shape index (κ1) is 16.3. The molecular formula is C14H22BrMgNO. The van der Waals surface area contributed by atoms with Gasteiger partial charge in [0.25, 0.3) is 0 Å². The molecule has 1 aliphatic rings. The molecule has 1 saturated heterocycles. The van der Waals surface area contributed by atoms with Gasteiger partial charge in [0.15, 0.2) is 0 Å². The Morgan fingerprint density at radius 3 is 2.22 bits per heavy atom. The molecule has 4 heteroatoms. The lowest BCUT2D eigenvalue weighted by Crippen LogP contribution is -2.29. The van der Waals surface area contributed by atoms with Crippen molar-refractivity contribution in [3.63, 3.8) is 0 Å².